The molecule has 170 valence electrons. The smallest absolute Gasteiger partial charge is 0.281 e. The van der Waals surface area contributed by atoms with E-state index in [4.69, 9.17) is 0 Å². The molecule has 2 aliphatic rings. The van der Waals surface area contributed by atoms with Gasteiger partial charge in [-0.05, 0) is 53.3 Å². The molecule has 0 amide bonds. The Morgan fingerprint density at radius 2 is 1.91 bits per heavy atom. The maximum Gasteiger partial charge on any atom is 0.281 e. The SMILES string of the molecule is Cn1cc(-c2c(F)cc([C@H]3CC[C@H](F)c4cc(F)cc(C#N)c43)c3c2[C@H](O)C(F)(F)C3)nn1. The second kappa shape index (κ2) is 7.35. The highest BCUT2D eigenvalue weighted by atomic mass is 19.3. The normalized spacial score (nSPS) is 23.2. The molecule has 0 spiro atoms. The predicted molar refractivity (Wildman–Crippen MR) is 106 cm³/mol. The van der Waals surface area contributed by atoms with Crippen LogP contribution in [-0.2, 0) is 13.5 Å². The summed E-state index contributed by atoms with van der Waals surface area (Å²) in [5.74, 6) is -6.07. The van der Waals surface area contributed by atoms with Crippen LogP contribution in [0.5, 0.6) is 0 Å². The second-order valence-electron chi connectivity index (χ2n) is 8.50. The van der Waals surface area contributed by atoms with Crippen molar-refractivity contribution in [2.24, 2.45) is 7.05 Å². The van der Waals surface area contributed by atoms with Crippen molar-refractivity contribution in [3.63, 3.8) is 0 Å². The fraction of sp³-hybridized carbons (Fsp3) is 0.348. The first-order valence-electron chi connectivity index (χ1n) is 10.3. The van der Waals surface area contributed by atoms with Crippen LogP contribution in [0.4, 0.5) is 22.0 Å². The summed E-state index contributed by atoms with van der Waals surface area (Å²) in [5, 5.41) is 27.5. The van der Waals surface area contributed by atoms with Gasteiger partial charge in [0.25, 0.3) is 5.92 Å². The van der Waals surface area contributed by atoms with Crippen LogP contribution in [0.1, 0.15) is 64.4 Å². The van der Waals surface area contributed by atoms with Crippen LogP contribution >= 0.6 is 0 Å². The molecule has 0 unspecified atom stereocenters. The van der Waals surface area contributed by atoms with E-state index < -0.39 is 42.2 Å². The highest BCUT2D eigenvalue weighted by Crippen LogP contribution is 2.53. The van der Waals surface area contributed by atoms with Crippen LogP contribution in [0.2, 0.25) is 0 Å². The van der Waals surface area contributed by atoms with Gasteiger partial charge in [0, 0.05) is 30.5 Å². The van der Waals surface area contributed by atoms with Gasteiger partial charge in [-0.3, -0.25) is 4.68 Å². The zero-order chi connectivity index (χ0) is 23.7. The molecule has 0 saturated heterocycles. The molecule has 3 atom stereocenters. The molecule has 2 aromatic carbocycles. The fourth-order valence-electron chi connectivity index (χ4n) is 5.11. The van der Waals surface area contributed by atoms with Crippen LogP contribution in [0.15, 0.2) is 24.4 Å². The van der Waals surface area contributed by atoms with Crippen LogP contribution in [0.3, 0.4) is 0 Å². The molecular weight excluding hydrogens is 443 g/mol. The highest BCUT2D eigenvalue weighted by molar-refractivity contribution is 5.70. The first-order chi connectivity index (χ1) is 15.6. The largest absolute Gasteiger partial charge is 0.382 e. The molecule has 0 saturated carbocycles. The van der Waals surface area contributed by atoms with Crippen molar-refractivity contribution < 1.29 is 27.1 Å². The second-order valence-corrected chi connectivity index (χ2v) is 8.50. The zero-order valence-corrected chi connectivity index (χ0v) is 17.3. The number of fused-ring (bicyclic) bond motifs is 2. The van der Waals surface area contributed by atoms with Gasteiger partial charge in [-0.2, -0.15) is 5.26 Å². The molecule has 2 aliphatic carbocycles. The minimum Gasteiger partial charge on any atom is -0.382 e. The number of halogens is 5. The molecule has 0 aliphatic heterocycles. The Hall–Kier alpha value is -3.32. The van der Waals surface area contributed by atoms with Crippen molar-refractivity contribution >= 4 is 0 Å². The van der Waals surface area contributed by atoms with Gasteiger partial charge in [0.15, 0.2) is 0 Å². The van der Waals surface area contributed by atoms with Gasteiger partial charge >= 0.3 is 0 Å². The minimum atomic E-state index is -3.57. The first kappa shape index (κ1) is 21.5. The molecule has 10 heteroatoms. The Labute approximate surface area is 185 Å². The van der Waals surface area contributed by atoms with Gasteiger partial charge < -0.3 is 5.11 Å². The highest BCUT2D eigenvalue weighted by Gasteiger charge is 2.51. The Balaban J connectivity index is 1.79. The lowest BCUT2D eigenvalue weighted by Gasteiger charge is -2.31. The standard InChI is InChI=1S/C23H17F5N4O/c1-32-9-18(30-31-32)21-17(26)6-13(15-7-23(27,28)22(33)20(15)21)12-2-3-16(25)14-5-11(24)4-10(8-29)19(12)14/h4-6,9,12,16,22,33H,2-3,7H2,1H3/t12-,16+,22+/m1/s1. The van der Waals surface area contributed by atoms with Crippen molar-refractivity contribution in [3.05, 3.63) is 69.4 Å². The molecule has 5 rings (SSSR count). The van der Waals surface area contributed by atoms with E-state index in [1.165, 1.54) is 17.9 Å². The Kier molecular flexibility index (Phi) is 4.79. The lowest BCUT2D eigenvalue weighted by molar-refractivity contribution is -0.0967. The molecule has 0 radical (unpaired) electrons. The van der Waals surface area contributed by atoms with Crippen LogP contribution < -0.4 is 0 Å². The van der Waals surface area contributed by atoms with Crippen molar-refractivity contribution in [2.45, 2.75) is 43.4 Å². The molecule has 1 aromatic heterocycles. The first-order valence-corrected chi connectivity index (χ1v) is 10.3. The Morgan fingerprint density at radius 1 is 1.15 bits per heavy atom. The quantitative estimate of drug-likeness (QED) is 0.558. The van der Waals surface area contributed by atoms with E-state index in [-0.39, 0.29) is 57.5 Å². The average molecular weight is 460 g/mol. The predicted octanol–water partition coefficient (Wildman–Crippen LogP) is 4.79. The van der Waals surface area contributed by atoms with Crippen molar-refractivity contribution in [2.75, 3.05) is 0 Å². The number of aliphatic hydroxyl groups excluding tert-OH is 1. The number of rotatable bonds is 2. The summed E-state index contributed by atoms with van der Waals surface area (Å²) in [6, 6.07) is 4.87. The summed E-state index contributed by atoms with van der Waals surface area (Å²) in [5.41, 5.74) is -0.433. The molecular formula is C23H17F5N4O. The monoisotopic (exact) mass is 460 g/mol. The lowest BCUT2D eigenvalue weighted by atomic mass is 9.74. The summed E-state index contributed by atoms with van der Waals surface area (Å²) < 4.78 is 74.8. The van der Waals surface area contributed by atoms with Crippen molar-refractivity contribution in [1.82, 2.24) is 15.0 Å². The third-order valence-electron chi connectivity index (χ3n) is 6.48. The number of benzene rings is 2. The summed E-state index contributed by atoms with van der Waals surface area (Å²) in [6.45, 7) is 0. The molecule has 0 fully saturated rings. The maximum atomic E-state index is 15.4. The molecule has 1 heterocycles. The summed E-state index contributed by atoms with van der Waals surface area (Å²) in [6.07, 6.45) is -3.27. The van der Waals surface area contributed by atoms with Gasteiger partial charge in [-0.15, -0.1) is 5.10 Å². The van der Waals surface area contributed by atoms with Gasteiger partial charge in [0.2, 0.25) is 0 Å². The van der Waals surface area contributed by atoms with E-state index in [9.17, 15) is 27.9 Å². The number of nitriles is 1. The molecule has 1 N–H and O–H groups in total. The number of aliphatic hydroxyl groups is 1. The molecule has 3 aromatic rings. The summed E-state index contributed by atoms with van der Waals surface area (Å²) in [4.78, 5) is 0. The molecule has 5 nitrogen and oxygen atoms in total. The van der Waals surface area contributed by atoms with Gasteiger partial charge in [-0.25, -0.2) is 22.0 Å². The van der Waals surface area contributed by atoms with Crippen molar-refractivity contribution in [3.8, 4) is 17.3 Å². The van der Waals surface area contributed by atoms with Crippen LogP contribution in [-0.4, -0.2) is 26.0 Å². The Morgan fingerprint density at radius 3 is 2.58 bits per heavy atom. The fourth-order valence-corrected chi connectivity index (χ4v) is 5.11. The minimum absolute atomic E-state index is 0.0119. The molecule has 0 bridgehead atoms. The zero-order valence-electron chi connectivity index (χ0n) is 17.3. The number of alkyl halides is 3. The van der Waals surface area contributed by atoms with Crippen LogP contribution in [0, 0.1) is 23.0 Å². The topological polar surface area (TPSA) is 74.7 Å². The van der Waals surface area contributed by atoms with E-state index in [1.807, 2.05) is 6.07 Å². The van der Waals surface area contributed by atoms with E-state index in [2.05, 4.69) is 10.3 Å². The number of aromatic nitrogens is 3. The van der Waals surface area contributed by atoms with E-state index in [1.54, 1.807) is 0 Å². The van der Waals surface area contributed by atoms with E-state index >= 15 is 4.39 Å². The third-order valence-corrected chi connectivity index (χ3v) is 6.48. The summed E-state index contributed by atoms with van der Waals surface area (Å²) >= 11 is 0. The third kappa shape index (κ3) is 3.22. The average Bonchev–Trinajstić information content (AvgIpc) is 3.29. The lowest BCUT2D eigenvalue weighted by Crippen LogP contribution is -2.22. The maximum absolute atomic E-state index is 15.4. The van der Waals surface area contributed by atoms with Crippen LogP contribution in [0.25, 0.3) is 11.3 Å². The van der Waals surface area contributed by atoms with E-state index in [0.717, 1.165) is 18.2 Å². The van der Waals surface area contributed by atoms with Crippen molar-refractivity contribution in [1.29, 1.82) is 5.26 Å². The van der Waals surface area contributed by atoms with Gasteiger partial charge in [0.1, 0.15) is 29.6 Å². The summed E-state index contributed by atoms with van der Waals surface area (Å²) in [7, 11) is 1.53. The Bertz CT molecular complexity index is 1330. The number of hydrogen-bond acceptors (Lipinski definition) is 4. The number of aryl methyl sites for hydroxylation is 1. The number of nitrogens with zero attached hydrogens (tertiary/aromatic N) is 4. The molecule has 33 heavy (non-hydrogen) atoms. The van der Waals surface area contributed by atoms with Gasteiger partial charge in [-0.1, -0.05) is 5.21 Å². The van der Waals surface area contributed by atoms with E-state index in [0.29, 0.717) is 0 Å². The van der Waals surface area contributed by atoms with Gasteiger partial charge in [0.05, 0.1) is 17.8 Å². The number of hydrogen-bond donors (Lipinski definition) is 1.